The van der Waals surface area contributed by atoms with Crippen molar-refractivity contribution in [2.24, 2.45) is 5.73 Å². The molecule has 1 aliphatic carbocycles. The molecule has 0 bridgehead atoms. The van der Waals surface area contributed by atoms with Crippen LogP contribution in [0.5, 0.6) is 5.75 Å². The van der Waals surface area contributed by atoms with E-state index in [2.05, 4.69) is 10.6 Å². The molecule has 0 heterocycles. The molecule has 0 aromatic heterocycles. The summed E-state index contributed by atoms with van der Waals surface area (Å²) in [5.41, 5.74) is 6.04. The lowest BCUT2D eigenvalue weighted by atomic mass is 10.2. The molecule has 0 aliphatic heterocycles. The fourth-order valence-electron chi connectivity index (χ4n) is 1.78. The highest BCUT2D eigenvalue weighted by Gasteiger charge is 2.25. The van der Waals surface area contributed by atoms with Crippen LogP contribution in [0.2, 0.25) is 0 Å². The van der Waals surface area contributed by atoms with Gasteiger partial charge in [0.15, 0.2) is 6.61 Å². The van der Waals surface area contributed by atoms with Crippen molar-refractivity contribution >= 4 is 11.8 Å². The summed E-state index contributed by atoms with van der Waals surface area (Å²) in [6.07, 6.45) is 2.18. The van der Waals surface area contributed by atoms with E-state index in [0.29, 0.717) is 18.3 Å². The van der Waals surface area contributed by atoms with E-state index in [4.69, 9.17) is 10.5 Å². The molecule has 1 aromatic carbocycles. The maximum absolute atomic E-state index is 11.8. The minimum atomic E-state index is -0.503. The van der Waals surface area contributed by atoms with Crippen LogP contribution in [0.4, 0.5) is 0 Å². The standard InChI is InChI=1S/C15H21N3O3/c1-10(15(20)18-12-4-5-12)17-8-11-2-6-13(7-3-11)21-9-14(16)19/h2-3,6-7,10,12,17H,4-5,8-9H2,1H3,(H2,16,19)(H,18,20). The average molecular weight is 291 g/mol. The zero-order chi connectivity index (χ0) is 15.2. The van der Waals surface area contributed by atoms with Gasteiger partial charge in [-0.3, -0.25) is 9.59 Å². The van der Waals surface area contributed by atoms with Crippen LogP contribution in [0.15, 0.2) is 24.3 Å². The second-order valence-corrected chi connectivity index (χ2v) is 5.28. The van der Waals surface area contributed by atoms with Crippen molar-refractivity contribution in [2.75, 3.05) is 6.61 Å². The van der Waals surface area contributed by atoms with Gasteiger partial charge in [-0.15, -0.1) is 0 Å². The highest BCUT2D eigenvalue weighted by Crippen LogP contribution is 2.18. The van der Waals surface area contributed by atoms with Gasteiger partial charge in [0, 0.05) is 12.6 Å². The molecule has 21 heavy (non-hydrogen) atoms. The normalized spacial score (nSPS) is 15.3. The van der Waals surface area contributed by atoms with Crippen molar-refractivity contribution < 1.29 is 14.3 Å². The molecule has 2 rings (SSSR count). The third kappa shape index (κ3) is 5.43. The predicted molar refractivity (Wildman–Crippen MR) is 78.6 cm³/mol. The van der Waals surface area contributed by atoms with Crippen LogP contribution < -0.4 is 21.1 Å². The molecule has 1 aromatic rings. The van der Waals surface area contributed by atoms with Gasteiger partial charge in [-0.1, -0.05) is 12.1 Å². The number of carbonyl (C=O) groups excluding carboxylic acids is 2. The van der Waals surface area contributed by atoms with Gasteiger partial charge in [-0.05, 0) is 37.5 Å². The Bertz CT molecular complexity index is 497. The van der Waals surface area contributed by atoms with Crippen molar-refractivity contribution in [3.05, 3.63) is 29.8 Å². The van der Waals surface area contributed by atoms with Gasteiger partial charge >= 0.3 is 0 Å². The van der Waals surface area contributed by atoms with Crippen LogP contribution in [-0.2, 0) is 16.1 Å². The second-order valence-electron chi connectivity index (χ2n) is 5.28. The van der Waals surface area contributed by atoms with E-state index >= 15 is 0 Å². The Morgan fingerprint density at radius 3 is 2.57 bits per heavy atom. The quantitative estimate of drug-likeness (QED) is 0.642. The van der Waals surface area contributed by atoms with Crippen molar-refractivity contribution in [2.45, 2.75) is 38.4 Å². The molecular weight excluding hydrogens is 270 g/mol. The summed E-state index contributed by atoms with van der Waals surface area (Å²) in [5, 5.41) is 6.14. The highest BCUT2D eigenvalue weighted by atomic mass is 16.5. The number of nitrogens with two attached hydrogens (primary N) is 1. The first-order chi connectivity index (χ1) is 10.0. The van der Waals surface area contributed by atoms with E-state index in [1.165, 1.54) is 0 Å². The summed E-state index contributed by atoms with van der Waals surface area (Å²) in [4.78, 5) is 22.4. The Hall–Kier alpha value is -2.08. The third-order valence-electron chi connectivity index (χ3n) is 3.23. The van der Waals surface area contributed by atoms with Crippen molar-refractivity contribution in [3.8, 4) is 5.75 Å². The van der Waals surface area contributed by atoms with E-state index in [-0.39, 0.29) is 18.6 Å². The Morgan fingerprint density at radius 2 is 2.00 bits per heavy atom. The molecule has 2 amide bonds. The lowest BCUT2D eigenvalue weighted by molar-refractivity contribution is -0.123. The van der Waals surface area contributed by atoms with E-state index in [0.717, 1.165) is 18.4 Å². The SMILES string of the molecule is CC(NCc1ccc(OCC(N)=O)cc1)C(=O)NC1CC1. The fourth-order valence-corrected chi connectivity index (χ4v) is 1.78. The summed E-state index contributed by atoms with van der Waals surface area (Å²) < 4.78 is 5.18. The summed E-state index contributed by atoms with van der Waals surface area (Å²) >= 11 is 0. The fraction of sp³-hybridized carbons (Fsp3) is 0.467. The van der Waals surface area contributed by atoms with E-state index < -0.39 is 5.91 Å². The van der Waals surface area contributed by atoms with Gasteiger partial charge in [-0.2, -0.15) is 0 Å². The molecule has 1 saturated carbocycles. The molecule has 1 unspecified atom stereocenters. The zero-order valence-electron chi connectivity index (χ0n) is 12.1. The van der Waals surface area contributed by atoms with Crippen molar-refractivity contribution in [1.29, 1.82) is 0 Å². The van der Waals surface area contributed by atoms with E-state index in [1.807, 2.05) is 19.1 Å². The molecule has 1 aliphatic rings. The Labute approximate surface area is 124 Å². The van der Waals surface area contributed by atoms with Gasteiger partial charge in [0.05, 0.1) is 6.04 Å². The minimum Gasteiger partial charge on any atom is -0.484 e. The third-order valence-corrected chi connectivity index (χ3v) is 3.23. The number of nitrogens with one attached hydrogen (secondary N) is 2. The Kier molecular flexibility index (Phi) is 5.16. The Balaban J connectivity index is 1.74. The largest absolute Gasteiger partial charge is 0.484 e. The topological polar surface area (TPSA) is 93.4 Å². The van der Waals surface area contributed by atoms with E-state index in [9.17, 15) is 9.59 Å². The average Bonchev–Trinajstić information content (AvgIpc) is 3.27. The van der Waals surface area contributed by atoms with Crippen LogP contribution in [-0.4, -0.2) is 30.5 Å². The van der Waals surface area contributed by atoms with Crippen LogP contribution in [0.1, 0.15) is 25.3 Å². The maximum atomic E-state index is 11.8. The van der Waals surface area contributed by atoms with Gasteiger partial charge in [0.1, 0.15) is 5.75 Å². The van der Waals surface area contributed by atoms with Crippen LogP contribution in [0, 0.1) is 0 Å². The number of hydrogen-bond donors (Lipinski definition) is 3. The van der Waals surface area contributed by atoms with E-state index in [1.54, 1.807) is 12.1 Å². The first-order valence-electron chi connectivity index (χ1n) is 7.08. The van der Waals surface area contributed by atoms with Crippen molar-refractivity contribution in [1.82, 2.24) is 10.6 Å². The van der Waals surface area contributed by atoms with Gasteiger partial charge < -0.3 is 21.1 Å². The number of hydrogen-bond acceptors (Lipinski definition) is 4. The minimum absolute atomic E-state index is 0.0407. The van der Waals surface area contributed by atoms with Crippen LogP contribution in [0.25, 0.3) is 0 Å². The highest BCUT2D eigenvalue weighted by molar-refractivity contribution is 5.81. The van der Waals surface area contributed by atoms with Crippen molar-refractivity contribution in [3.63, 3.8) is 0 Å². The molecule has 6 heteroatoms. The number of amides is 2. The lowest BCUT2D eigenvalue weighted by Gasteiger charge is -2.14. The number of rotatable bonds is 8. The molecule has 1 atom stereocenters. The molecule has 0 spiro atoms. The summed E-state index contributed by atoms with van der Waals surface area (Å²) in [6, 6.07) is 7.47. The van der Waals surface area contributed by atoms with Gasteiger partial charge in [-0.25, -0.2) is 0 Å². The zero-order valence-corrected chi connectivity index (χ0v) is 12.1. The predicted octanol–water partition coefficient (Wildman–Crippen LogP) is 0.307. The van der Waals surface area contributed by atoms with Gasteiger partial charge in [0.25, 0.3) is 5.91 Å². The molecule has 4 N–H and O–H groups in total. The monoisotopic (exact) mass is 291 g/mol. The summed E-state index contributed by atoms with van der Waals surface area (Å²) in [7, 11) is 0. The van der Waals surface area contributed by atoms with Crippen LogP contribution >= 0.6 is 0 Å². The molecule has 0 saturated heterocycles. The molecule has 114 valence electrons. The summed E-state index contributed by atoms with van der Waals surface area (Å²) in [6.45, 7) is 2.31. The second kappa shape index (κ2) is 7.08. The Morgan fingerprint density at radius 1 is 1.33 bits per heavy atom. The first kappa shape index (κ1) is 15.3. The first-order valence-corrected chi connectivity index (χ1v) is 7.08. The van der Waals surface area contributed by atoms with Crippen LogP contribution in [0.3, 0.4) is 0 Å². The summed E-state index contributed by atoms with van der Waals surface area (Å²) in [5.74, 6) is 0.132. The van der Waals surface area contributed by atoms with Gasteiger partial charge in [0.2, 0.25) is 5.91 Å². The number of ether oxygens (including phenoxy) is 1. The molecular formula is C15H21N3O3. The molecule has 1 fully saturated rings. The number of carbonyl (C=O) groups is 2. The smallest absolute Gasteiger partial charge is 0.255 e. The lowest BCUT2D eigenvalue weighted by Crippen LogP contribution is -2.42. The number of benzene rings is 1. The maximum Gasteiger partial charge on any atom is 0.255 e. The number of primary amides is 1. The molecule has 0 radical (unpaired) electrons. The molecule has 6 nitrogen and oxygen atoms in total.